The molecule has 0 aliphatic rings. The average molecular weight is 496 g/mol. The van der Waals surface area contributed by atoms with E-state index in [0.717, 1.165) is 0 Å². The summed E-state index contributed by atoms with van der Waals surface area (Å²) in [5.41, 5.74) is -4.57. The van der Waals surface area contributed by atoms with Gasteiger partial charge in [-0.2, -0.15) is 17.6 Å². The molecule has 0 atom stereocenters. The van der Waals surface area contributed by atoms with Crippen LogP contribution in [0.1, 0.15) is 41.5 Å². The maximum absolute atomic E-state index is 14.4. The van der Waals surface area contributed by atoms with Gasteiger partial charge in [-0.15, -0.1) is 0 Å². The molecule has 0 heterocycles. The van der Waals surface area contributed by atoms with E-state index in [4.69, 9.17) is 0 Å². The van der Waals surface area contributed by atoms with E-state index in [1.54, 1.807) is 13.8 Å². The van der Waals surface area contributed by atoms with Crippen LogP contribution in [0.15, 0.2) is 0 Å². The van der Waals surface area contributed by atoms with Gasteiger partial charge in [-0.05, 0) is 45.2 Å². The summed E-state index contributed by atoms with van der Waals surface area (Å²) < 4.78 is 101. The highest BCUT2D eigenvalue weighted by molar-refractivity contribution is 7.68. The molecule has 0 rings (SSSR count). The summed E-state index contributed by atoms with van der Waals surface area (Å²) in [6.07, 6.45) is 0. The molecule has 174 valence electrons. The SMILES string of the molecule is CCOP(=O)(OCC)C(F)(F)C#CP(C#CC(F)(F)P(=O)(OCC)OCC)C(C)C. The van der Waals surface area contributed by atoms with Crippen LogP contribution in [-0.2, 0) is 27.2 Å². The van der Waals surface area contributed by atoms with Crippen molar-refractivity contribution in [2.75, 3.05) is 26.4 Å². The van der Waals surface area contributed by atoms with Gasteiger partial charge in [0.15, 0.2) is 0 Å². The van der Waals surface area contributed by atoms with E-state index in [0.29, 0.717) is 0 Å². The molecule has 0 spiro atoms. The standard InChI is InChI=1S/C17H27F4O6P3/c1-7-24-29(22,25-8-2)16(18,19)11-13-28(15(5)6)14-12-17(20,21)30(23,26-9-3)27-10-4/h15H,7-10H2,1-6H3. The van der Waals surface area contributed by atoms with E-state index in [1.807, 2.05) is 0 Å². The molecule has 0 unspecified atom stereocenters. The highest BCUT2D eigenvalue weighted by atomic mass is 31.2. The molecule has 6 nitrogen and oxygen atoms in total. The van der Waals surface area contributed by atoms with Crippen LogP contribution in [-0.4, -0.2) is 43.4 Å². The van der Waals surface area contributed by atoms with Crippen molar-refractivity contribution >= 4 is 23.1 Å². The van der Waals surface area contributed by atoms with Crippen LogP contribution in [0, 0.1) is 23.2 Å². The maximum Gasteiger partial charge on any atom is 0.412 e. The number of hydrogen-bond acceptors (Lipinski definition) is 6. The lowest BCUT2D eigenvalue weighted by Crippen LogP contribution is -2.18. The smallest absolute Gasteiger partial charge is 0.304 e. The summed E-state index contributed by atoms with van der Waals surface area (Å²) in [6.45, 7) is 7.32. The molecular weight excluding hydrogens is 469 g/mol. The normalized spacial score (nSPS) is 13.1. The topological polar surface area (TPSA) is 71.1 Å². The Morgan fingerprint density at radius 1 is 0.733 bits per heavy atom. The second kappa shape index (κ2) is 12.6. The van der Waals surface area contributed by atoms with Gasteiger partial charge >= 0.3 is 26.5 Å². The van der Waals surface area contributed by atoms with Crippen molar-refractivity contribution in [3.63, 3.8) is 0 Å². The van der Waals surface area contributed by atoms with Crippen LogP contribution in [0.3, 0.4) is 0 Å². The lowest BCUT2D eigenvalue weighted by Gasteiger charge is -2.22. The number of alkyl halides is 4. The van der Waals surface area contributed by atoms with Gasteiger partial charge in [-0.1, -0.05) is 25.2 Å². The van der Waals surface area contributed by atoms with Crippen molar-refractivity contribution in [1.29, 1.82) is 0 Å². The fraction of sp³-hybridized carbons (Fsp3) is 0.765. The van der Waals surface area contributed by atoms with Gasteiger partial charge in [0.2, 0.25) is 0 Å². The predicted octanol–water partition coefficient (Wildman–Crippen LogP) is 6.52. The van der Waals surface area contributed by atoms with Crippen molar-refractivity contribution in [1.82, 2.24) is 0 Å². The van der Waals surface area contributed by atoms with Gasteiger partial charge in [-0.25, -0.2) is 0 Å². The van der Waals surface area contributed by atoms with E-state index in [9.17, 15) is 26.7 Å². The molecule has 0 saturated carbocycles. The molecule has 0 saturated heterocycles. The molecule has 0 aliphatic carbocycles. The van der Waals surface area contributed by atoms with Crippen molar-refractivity contribution in [2.24, 2.45) is 0 Å². The molecule has 0 bridgehead atoms. The molecule has 0 N–H and O–H groups in total. The van der Waals surface area contributed by atoms with Crippen LogP contribution in [0.2, 0.25) is 0 Å². The zero-order valence-corrected chi connectivity index (χ0v) is 20.4. The minimum absolute atomic E-state index is 0.302. The molecule has 0 aromatic carbocycles. The Balaban J connectivity index is 6.02. The molecule has 0 radical (unpaired) electrons. The summed E-state index contributed by atoms with van der Waals surface area (Å²) in [5, 5.41) is 0. The van der Waals surface area contributed by atoms with Gasteiger partial charge < -0.3 is 18.1 Å². The zero-order chi connectivity index (χ0) is 23.6. The summed E-state index contributed by atoms with van der Waals surface area (Å²) in [4.78, 5) is 0. The molecule has 30 heavy (non-hydrogen) atoms. The Bertz CT molecular complexity index is 687. The zero-order valence-electron chi connectivity index (χ0n) is 17.7. The van der Waals surface area contributed by atoms with Gasteiger partial charge in [0.05, 0.1) is 34.3 Å². The van der Waals surface area contributed by atoms with Gasteiger partial charge in [0, 0.05) is 0 Å². The number of halogens is 4. The maximum atomic E-state index is 14.4. The third-order valence-electron chi connectivity index (χ3n) is 3.05. The Morgan fingerprint density at radius 2 is 1.00 bits per heavy atom. The van der Waals surface area contributed by atoms with Crippen LogP contribution in [0.25, 0.3) is 0 Å². The summed E-state index contributed by atoms with van der Waals surface area (Å²) in [5.74, 6) is 3.06. The summed E-state index contributed by atoms with van der Waals surface area (Å²) in [6, 6.07) is 0. The fourth-order valence-corrected chi connectivity index (χ4v) is 5.57. The molecule has 0 fully saturated rings. The third kappa shape index (κ3) is 7.92. The van der Waals surface area contributed by atoms with Gasteiger partial charge in [-0.3, -0.25) is 9.13 Å². The van der Waals surface area contributed by atoms with Gasteiger partial charge in [0.1, 0.15) is 0 Å². The third-order valence-corrected chi connectivity index (χ3v) is 8.78. The predicted molar refractivity (Wildman–Crippen MR) is 109 cm³/mol. The minimum atomic E-state index is -4.88. The molecule has 0 aromatic rings. The highest BCUT2D eigenvalue weighted by Gasteiger charge is 2.53. The van der Waals surface area contributed by atoms with Crippen molar-refractivity contribution in [3.8, 4) is 23.2 Å². The van der Waals surface area contributed by atoms with E-state index in [2.05, 4.69) is 29.4 Å². The van der Waals surface area contributed by atoms with Crippen LogP contribution >= 0.6 is 23.1 Å². The van der Waals surface area contributed by atoms with E-state index in [-0.39, 0.29) is 26.4 Å². The molecule has 0 aliphatic heterocycles. The first-order valence-corrected chi connectivity index (χ1v) is 13.6. The lowest BCUT2D eigenvalue weighted by molar-refractivity contribution is 0.0870. The first kappa shape index (κ1) is 29.6. The van der Waals surface area contributed by atoms with E-state index < -0.39 is 40.1 Å². The van der Waals surface area contributed by atoms with Crippen LogP contribution in [0.4, 0.5) is 17.6 Å². The second-order valence-corrected chi connectivity index (χ2v) is 12.1. The largest absolute Gasteiger partial charge is 0.412 e. The van der Waals surface area contributed by atoms with Crippen molar-refractivity contribution in [2.45, 2.75) is 58.5 Å². The Labute approximate surface area is 176 Å². The first-order valence-electron chi connectivity index (χ1n) is 9.14. The molecule has 13 heteroatoms. The van der Waals surface area contributed by atoms with Gasteiger partial charge in [0.25, 0.3) is 0 Å². The van der Waals surface area contributed by atoms with E-state index >= 15 is 0 Å². The Kier molecular flexibility index (Phi) is 12.4. The average Bonchev–Trinajstić information content (AvgIpc) is 2.61. The van der Waals surface area contributed by atoms with Crippen molar-refractivity contribution < 1.29 is 44.8 Å². The van der Waals surface area contributed by atoms with Crippen molar-refractivity contribution in [3.05, 3.63) is 0 Å². The van der Waals surface area contributed by atoms with E-state index in [1.165, 1.54) is 39.5 Å². The minimum Gasteiger partial charge on any atom is -0.304 e. The monoisotopic (exact) mass is 496 g/mol. The molecule has 0 aromatic heterocycles. The first-order chi connectivity index (χ1) is 13.8. The number of hydrogen-bond donors (Lipinski definition) is 0. The quantitative estimate of drug-likeness (QED) is 0.184. The summed E-state index contributed by atoms with van der Waals surface area (Å²) >= 11 is 0. The Morgan fingerprint density at radius 3 is 1.20 bits per heavy atom. The highest BCUT2D eigenvalue weighted by Crippen LogP contribution is 2.63. The Hall–Kier alpha value is -0.430. The number of rotatable bonds is 11. The molecular formula is C17H27F4O6P3. The lowest BCUT2D eigenvalue weighted by atomic mass is 10.6. The second-order valence-electron chi connectivity index (χ2n) is 5.69. The van der Waals surface area contributed by atoms with Crippen LogP contribution in [0.5, 0.6) is 0 Å². The summed E-state index contributed by atoms with van der Waals surface area (Å²) in [7, 11) is -11.8. The molecule has 0 amide bonds. The van der Waals surface area contributed by atoms with Crippen LogP contribution < -0.4 is 0 Å². The fourth-order valence-electron chi connectivity index (χ4n) is 1.76.